The Morgan fingerprint density at radius 2 is 1.83 bits per heavy atom. The molecule has 30 heavy (non-hydrogen) atoms. The molecular weight excluding hydrogens is 395 g/mol. The molecule has 1 atom stereocenters. The number of anilines is 3. The van der Waals surface area contributed by atoms with Crippen molar-refractivity contribution in [3.63, 3.8) is 0 Å². The maximum absolute atomic E-state index is 13.4. The first-order valence-corrected chi connectivity index (χ1v) is 9.38. The summed E-state index contributed by atoms with van der Waals surface area (Å²) in [5.74, 6) is 0.461. The zero-order chi connectivity index (χ0) is 21.7. The van der Waals surface area contributed by atoms with E-state index in [0.717, 1.165) is 6.07 Å². The molecule has 3 aromatic rings. The van der Waals surface area contributed by atoms with Crippen LogP contribution in [0.25, 0.3) is 11.3 Å². The summed E-state index contributed by atoms with van der Waals surface area (Å²) in [7, 11) is 0. The minimum absolute atomic E-state index is 0.0861. The molecule has 6 nitrogen and oxygen atoms in total. The standard InChI is InChI=1S/C21H22F3N5O/c1-13(2)18(12-30)28-20-27-17(14-6-5-9-25-11-14)10-19(29-20)26-16-8-4-3-7-15(16)21(22,23)24/h3-11,13,18,30H,12H2,1-2H3,(H2,26,27,28,29)/t18-/m1/s1. The number of aromatic nitrogens is 3. The van der Waals surface area contributed by atoms with Gasteiger partial charge in [-0.3, -0.25) is 4.98 Å². The normalized spacial score (nSPS) is 12.6. The summed E-state index contributed by atoms with van der Waals surface area (Å²) in [4.78, 5) is 12.8. The quantitative estimate of drug-likeness (QED) is 0.516. The molecule has 2 heterocycles. The van der Waals surface area contributed by atoms with E-state index in [0.29, 0.717) is 11.3 Å². The lowest BCUT2D eigenvalue weighted by Crippen LogP contribution is -2.30. The average molecular weight is 417 g/mol. The molecule has 0 saturated carbocycles. The number of benzene rings is 1. The van der Waals surface area contributed by atoms with Crippen molar-refractivity contribution in [1.82, 2.24) is 15.0 Å². The molecule has 0 amide bonds. The second-order valence-electron chi connectivity index (χ2n) is 7.05. The van der Waals surface area contributed by atoms with Crippen LogP contribution in [0.3, 0.4) is 0 Å². The highest BCUT2D eigenvalue weighted by Crippen LogP contribution is 2.36. The van der Waals surface area contributed by atoms with E-state index in [1.54, 1.807) is 30.6 Å². The molecule has 0 aliphatic rings. The molecule has 1 aromatic carbocycles. The predicted octanol–water partition coefficient (Wildman–Crippen LogP) is 4.73. The fourth-order valence-electron chi connectivity index (χ4n) is 2.80. The Hall–Kier alpha value is -3.20. The molecule has 3 rings (SSSR count). The van der Waals surface area contributed by atoms with Gasteiger partial charge in [0.15, 0.2) is 0 Å². The highest BCUT2D eigenvalue weighted by Gasteiger charge is 2.33. The van der Waals surface area contributed by atoms with E-state index in [1.165, 1.54) is 18.2 Å². The monoisotopic (exact) mass is 417 g/mol. The van der Waals surface area contributed by atoms with Gasteiger partial charge in [0.25, 0.3) is 0 Å². The molecule has 0 fully saturated rings. The number of nitrogens with one attached hydrogen (secondary N) is 2. The molecule has 0 saturated heterocycles. The minimum atomic E-state index is -4.51. The summed E-state index contributed by atoms with van der Waals surface area (Å²) >= 11 is 0. The predicted molar refractivity (Wildman–Crippen MR) is 109 cm³/mol. The number of aliphatic hydroxyl groups is 1. The third kappa shape index (κ3) is 5.24. The molecule has 2 aromatic heterocycles. The molecule has 0 spiro atoms. The van der Waals surface area contributed by atoms with Crippen molar-refractivity contribution in [2.45, 2.75) is 26.1 Å². The van der Waals surface area contributed by atoms with Crippen LogP contribution in [-0.2, 0) is 6.18 Å². The fourth-order valence-corrected chi connectivity index (χ4v) is 2.80. The van der Waals surface area contributed by atoms with Crippen LogP contribution in [0.4, 0.5) is 30.6 Å². The number of halogens is 3. The smallest absolute Gasteiger partial charge is 0.394 e. The van der Waals surface area contributed by atoms with Gasteiger partial charge in [-0.2, -0.15) is 18.2 Å². The summed E-state index contributed by atoms with van der Waals surface area (Å²) in [6.07, 6.45) is -1.29. The third-order valence-corrected chi connectivity index (χ3v) is 4.49. The van der Waals surface area contributed by atoms with Crippen molar-refractivity contribution in [3.8, 4) is 11.3 Å². The van der Waals surface area contributed by atoms with Crippen LogP contribution in [0, 0.1) is 5.92 Å². The number of para-hydroxylation sites is 1. The van der Waals surface area contributed by atoms with Gasteiger partial charge in [0.2, 0.25) is 5.95 Å². The van der Waals surface area contributed by atoms with Crippen LogP contribution >= 0.6 is 0 Å². The SMILES string of the molecule is CC(C)[C@@H](CO)Nc1nc(Nc2ccccc2C(F)(F)F)cc(-c2cccnc2)n1. The van der Waals surface area contributed by atoms with E-state index in [-0.39, 0.29) is 36.0 Å². The summed E-state index contributed by atoms with van der Waals surface area (Å²) in [5, 5.41) is 15.4. The van der Waals surface area contributed by atoms with Gasteiger partial charge >= 0.3 is 6.18 Å². The lowest BCUT2D eigenvalue weighted by Gasteiger charge is -2.21. The van der Waals surface area contributed by atoms with Crippen molar-refractivity contribution in [2.75, 3.05) is 17.2 Å². The van der Waals surface area contributed by atoms with E-state index in [9.17, 15) is 18.3 Å². The summed E-state index contributed by atoms with van der Waals surface area (Å²) < 4.78 is 40.1. The minimum Gasteiger partial charge on any atom is -0.394 e. The highest BCUT2D eigenvalue weighted by molar-refractivity contribution is 5.68. The van der Waals surface area contributed by atoms with Crippen molar-refractivity contribution < 1.29 is 18.3 Å². The fraction of sp³-hybridized carbons (Fsp3) is 0.286. The second-order valence-corrected chi connectivity index (χ2v) is 7.05. The number of aliphatic hydroxyl groups excluding tert-OH is 1. The van der Waals surface area contributed by atoms with Gasteiger partial charge < -0.3 is 15.7 Å². The first-order valence-electron chi connectivity index (χ1n) is 9.38. The second kappa shape index (κ2) is 9.08. The van der Waals surface area contributed by atoms with E-state index in [2.05, 4.69) is 25.6 Å². The topological polar surface area (TPSA) is 83.0 Å². The van der Waals surface area contributed by atoms with Crippen LogP contribution in [-0.4, -0.2) is 32.7 Å². The maximum Gasteiger partial charge on any atom is 0.418 e. The molecule has 0 aliphatic carbocycles. The Labute approximate surface area is 172 Å². The number of alkyl halides is 3. The molecule has 0 unspecified atom stereocenters. The molecule has 9 heteroatoms. The molecule has 0 bridgehead atoms. The van der Waals surface area contributed by atoms with Gasteiger partial charge in [0, 0.05) is 24.0 Å². The van der Waals surface area contributed by atoms with Gasteiger partial charge in [-0.25, -0.2) is 4.98 Å². The zero-order valence-electron chi connectivity index (χ0n) is 16.5. The van der Waals surface area contributed by atoms with E-state index in [1.807, 2.05) is 13.8 Å². The largest absolute Gasteiger partial charge is 0.418 e. The van der Waals surface area contributed by atoms with Gasteiger partial charge in [-0.05, 0) is 30.2 Å². The van der Waals surface area contributed by atoms with Crippen molar-refractivity contribution in [2.24, 2.45) is 5.92 Å². The molecule has 158 valence electrons. The average Bonchev–Trinajstić information content (AvgIpc) is 2.72. The van der Waals surface area contributed by atoms with E-state index >= 15 is 0 Å². The van der Waals surface area contributed by atoms with E-state index in [4.69, 9.17) is 0 Å². The van der Waals surface area contributed by atoms with Gasteiger partial charge in [-0.15, -0.1) is 0 Å². The summed E-state index contributed by atoms with van der Waals surface area (Å²) in [6.45, 7) is 3.72. The number of pyridine rings is 1. The van der Waals surface area contributed by atoms with Crippen LogP contribution in [0.5, 0.6) is 0 Å². The third-order valence-electron chi connectivity index (χ3n) is 4.49. The number of hydrogen-bond donors (Lipinski definition) is 3. The zero-order valence-corrected chi connectivity index (χ0v) is 16.5. The summed E-state index contributed by atoms with van der Waals surface area (Å²) in [5.41, 5.74) is 0.249. The Bertz CT molecular complexity index is 980. The molecule has 3 N–H and O–H groups in total. The Kier molecular flexibility index (Phi) is 6.51. The Morgan fingerprint density at radius 3 is 2.47 bits per heavy atom. The van der Waals surface area contributed by atoms with Crippen molar-refractivity contribution in [1.29, 1.82) is 0 Å². The first kappa shape index (κ1) is 21.5. The highest BCUT2D eigenvalue weighted by atomic mass is 19.4. The lowest BCUT2D eigenvalue weighted by atomic mass is 10.1. The van der Waals surface area contributed by atoms with Gasteiger partial charge in [0.05, 0.1) is 29.6 Å². The van der Waals surface area contributed by atoms with Gasteiger partial charge in [-0.1, -0.05) is 26.0 Å². The van der Waals surface area contributed by atoms with Crippen molar-refractivity contribution >= 4 is 17.5 Å². The van der Waals surface area contributed by atoms with Gasteiger partial charge in [0.1, 0.15) is 5.82 Å². The van der Waals surface area contributed by atoms with Crippen LogP contribution in [0.2, 0.25) is 0 Å². The van der Waals surface area contributed by atoms with E-state index < -0.39 is 11.7 Å². The van der Waals surface area contributed by atoms with Crippen LogP contribution in [0.1, 0.15) is 19.4 Å². The molecular formula is C21H22F3N5O. The van der Waals surface area contributed by atoms with Crippen LogP contribution < -0.4 is 10.6 Å². The number of rotatable bonds is 7. The number of hydrogen-bond acceptors (Lipinski definition) is 6. The molecule has 0 radical (unpaired) electrons. The first-order chi connectivity index (χ1) is 14.3. The Morgan fingerprint density at radius 1 is 1.07 bits per heavy atom. The maximum atomic E-state index is 13.4. The Balaban J connectivity index is 2.03. The number of nitrogens with zero attached hydrogens (tertiary/aromatic N) is 3. The molecule has 0 aliphatic heterocycles. The lowest BCUT2D eigenvalue weighted by molar-refractivity contribution is -0.136. The summed E-state index contributed by atoms with van der Waals surface area (Å²) in [6, 6.07) is 9.96. The van der Waals surface area contributed by atoms with Crippen molar-refractivity contribution in [3.05, 3.63) is 60.4 Å². The van der Waals surface area contributed by atoms with Crippen LogP contribution in [0.15, 0.2) is 54.9 Å².